The van der Waals surface area contributed by atoms with Crippen LogP contribution < -0.4 is 11.2 Å². The van der Waals surface area contributed by atoms with Crippen LogP contribution in [0.5, 0.6) is 0 Å². The van der Waals surface area contributed by atoms with Gasteiger partial charge >= 0.3 is 16.9 Å². The summed E-state index contributed by atoms with van der Waals surface area (Å²) in [5.74, 6) is 0.156. The van der Waals surface area contributed by atoms with Crippen LogP contribution in [0.4, 0.5) is 5.69 Å². The Bertz CT molecular complexity index is 598. The highest BCUT2D eigenvalue weighted by molar-refractivity contribution is 5.31. The summed E-state index contributed by atoms with van der Waals surface area (Å²) in [6.07, 6.45) is 0.567. The van der Waals surface area contributed by atoms with Crippen molar-refractivity contribution in [1.29, 1.82) is 0 Å². The molecule has 0 bridgehead atoms. The molecule has 0 spiro atoms. The summed E-state index contributed by atoms with van der Waals surface area (Å²) < 4.78 is 2.27. The maximum Gasteiger partial charge on any atom is 0.353 e. The topological polar surface area (TPSA) is 87.1 Å². The van der Waals surface area contributed by atoms with Crippen LogP contribution in [0.15, 0.2) is 9.59 Å². The zero-order chi connectivity index (χ0) is 14.7. The molecule has 0 saturated carbocycles. The van der Waals surface area contributed by atoms with Crippen LogP contribution in [-0.2, 0) is 13.1 Å². The minimum atomic E-state index is -0.811. The molecule has 0 amide bonds. The quantitative estimate of drug-likeness (QED) is 0.595. The van der Waals surface area contributed by atoms with Crippen molar-refractivity contribution >= 4 is 5.69 Å². The van der Waals surface area contributed by atoms with Gasteiger partial charge in [0, 0.05) is 13.1 Å². The molecule has 0 unspecified atom stereocenters. The molecule has 0 atom stereocenters. The minimum absolute atomic E-state index is 0.126. The number of aromatic nitrogens is 2. The molecule has 1 aromatic heterocycles. The lowest BCUT2D eigenvalue weighted by Crippen LogP contribution is -2.42. The molecule has 7 heteroatoms. The van der Waals surface area contributed by atoms with Gasteiger partial charge in [-0.15, -0.1) is 0 Å². The molecule has 0 saturated heterocycles. The second kappa shape index (κ2) is 5.81. The molecule has 0 aliphatic carbocycles. The van der Waals surface area contributed by atoms with Gasteiger partial charge in [0.15, 0.2) is 0 Å². The molecular formula is C12H19N3O4. The van der Waals surface area contributed by atoms with Gasteiger partial charge in [0.05, 0.1) is 4.92 Å². The van der Waals surface area contributed by atoms with E-state index in [1.165, 1.54) is 11.5 Å². The van der Waals surface area contributed by atoms with Gasteiger partial charge in [0.25, 0.3) is 0 Å². The van der Waals surface area contributed by atoms with Gasteiger partial charge in [-0.1, -0.05) is 20.8 Å². The predicted molar refractivity (Wildman–Crippen MR) is 71.5 cm³/mol. The summed E-state index contributed by atoms with van der Waals surface area (Å²) >= 11 is 0. The summed E-state index contributed by atoms with van der Waals surface area (Å²) in [6, 6.07) is 0. The van der Waals surface area contributed by atoms with E-state index >= 15 is 0 Å². The SMILES string of the molecule is CCCn1c(=O)c([N+](=O)[O-])c(C)n(CC(C)C)c1=O. The first-order chi connectivity index (χ1) is 8.81. The minimum Gasteiger partial charge on any atom is -0.291 e. The Morgan fingerprint density at radius 3 is 2.26 bits per heavy atom. The van der Waals surface area contributed by atoms with Crippen molar-refractivity contribution in [2.45, 2.75) is 47.2 Å². The molecule has 0 radical (unpaired) electrons. The highest BCUT2D eigenvalue weighted by Crippen LogP contribution is 2.11. The van der Waals surface area contributed by atoms with E-state index in [0.29, 0.717) is 13.0 Å². The van der Waals surface area contributed by atoms with Crippen LogP contribution in [0.1, 0.15) is 32.9 Å². The maximum atomic E-state index is 12.2. The second-order valence-corrected chi connectivity index (χ2v) is 4.93. The van der Waals surface area contributed by atoms with Crippen LogP contribution in [0.25, 0.3) is 0 Å². The van der Waals surface area contributed by atoms with Gasteiger partial charge in [-0.05, 0) is 19.3 Å². The van der Waals surface area contributed by atoms with Crippen molar-refractivity contribution < 1.29 is 4.92 Å². The molecule has 1 rings (SSSR count). The zero-order valence-electron chi connectivity index (χ0n) is 11.7. The fourth-order valence-corrected chi connectivity index (χ4v) is 2.00. The molecule has 0 fully saturated rings. The Labute approximate surface area is 110 Å². The maximum absolute atomic E-state index is 12.2. The van der Waals surface area contributed by atoms with Gasteiger partial charge in [-0.3, -0.25) is 24.0 Å². The number of rotatable bonds is 5. The Kier molecular flexibility index (Phi) is 4.63. The van der Waals surface area contributed by atoms with Crippen molar-refractivity contribution in [3.8, 4) is 0 Å². The van der Waals surface area contributed by atoms with Crippen molar-refractivity contribution in [3.05, 3.63) is 36.6 Å². The molecule has 1 aromatic rings. The van der Waals surface area contributed by atoms with Gasteiger partial charge in [0.1, 0.15) is 5.69 Å². The van der Waals surface area contributed by atoms with Crippen molar-refractivity contribution in [1.82, 2.24) is 9.13 Å². The zero-order valence-corrected chi connectivity index (χ0v) is 11.7. The van der Waals surface area contributed by atoms with Gasteiger partial charge in [-0.2, -0.15) is 0 Å². The summed E-state index contributed by atoms with van der Waals surface area (Å²) in [6.45, 7) is 7.62. The lowest BCUT2D eigenvalue weighted by Gasteiger charge is -2.14. The summed E-state index contributed by atoms with van der Waals surface area (Å²) in [4.78, 5) is 34.5. The van der Waals surface area contributed by atoms with E-state index < -0.39 is 21.9 Å². The van der Waals surface area contributed by atoms with Gasteiger partial charge in [0.2, 0.25) is 0 Å². The molecule has 7 nitrogen and oxygen atoms in total. The first kappa shape index (κ1) is 15.1. The lowest BCUT2D eigenvalue weighted by atomic mass is 10.2. The Morgan fingerprint density at radius 2 is 1.84 bits per heavy atom. The van der Waals surface area contributed by atoms with E-state index in [1.807, 2.05) is 20.8 Å². The smallest absolute Gasteiger partial charge is 0.291 e. The second-order valence-electron chi connectivity index (χ2n) is 4.93. The largest absolute Gasteiger partial charge is 0.353 e. The van der Waals surface area contributed by atoms with Crippen molar-refractivity contribution in [3.63, 3.8) is 0 Å². The first-order valence-electron chi connectivity index (χ1n) is 6.29. The van der Waals surface area contributed by atoms with Crippen molar-refractivity contribution in [2.75, 3.05) is 0 Å². The number of hydrogen-bond donors (Lipinski definition) is 0. The third kappa shape index (κ3) is 2.91. The number of nitrogens with zero attached hydrogens (tertiary/aromatic N) is 3. The van der Waals surface area contributed by atoms with Crippen molar-refractivity contribution in [2.24, 2.45) is 5.92 Å². The van der Waals surface area contributed by atoms with Crippen LogP contribution in [-0.4, -0.2) is 14.1 Å². The molecule has 106 valence electrons. The first-order valence-corrected chi connectivity index (χ1v) is 6.29. The van der Waals surface area contributed by atoms with E-state index in [9.17, 15) is 19.7 Å². The molecule has 19 heavy (non-hydrogen) atoms. The standard InChI is InChI=1S/C12H19N3O4/c1-5-6-13-11(16)10(15(18)19)9(4)14(12(13)17)7-8(2)3/h8H,5-7H2,1-4H3. The number of nitro groups is 1. The lowest BCUT2D eigenvalue weighted by molar-refractivity contribution is -0.387. The Balaban J connectivity index is 3.69. The average molecular weight is 269 g/mol. The Hall–Kier alpha value is -1.92. The molecule has 1 heterocycles. The predicted octanol–water partition coefficient (Wildman–Crippen LogP) is 1.29. The van der Waals surface area contributed by atoms with Crippen LogP contribution in [0.3, 0.4) is 0 Å². The number of hydrogen-bond acceptors (Lipinski definition) is 4. The van der Waals surface area contributed by atoms with Gasteiger partial charge in [-0.25, -0.2) is 4.79 Å². The molecular weight excluding hydrogens is 250 g/mol. The van der Waals surface area contributed by atoms with E-state index in [2.05, 4.69) is 0 Å². The average Bonchev–Trinajstić information content (AvgIpc) is 2.29. The fraction of sp³-hybridized carbons (Fsp3) is 0.667. The third-order valence-corrected chi connectivity index (χ3v) is 2.83. The van der Waals surface area contributed by atoms with Crippen LogP contribution in [0, 0.1) is 23.0 Å². The van der Waals surface area contributed by atoms with E-state index in [1.54, 1.807) is 0 Å². The third-order valence-electron chi connectivity index (χ3n) is 2.83. The van der Waals surface area contributed by atoms with Gasteiger partial charge < -0.3 is 0 Å². The summed E-state index contributed by atoms with van der Waals surface area (Å²) in [5.41, 5.74) is -1.66. The molecule has 0 aliphatic heterocycles. The molecule has 0 aliphatic rings. The van der Waals surface area contributed by atoms with Crippen LogP contribution in [0.2, 0.25) is 0 Å². The van der Waals surface area contributed by atoms with Crippen LogP contribution >= 0.6 is 0 Å². The normalized spacial score (nSPS) is 11.0. The van der Waals surface area contributed by atoms with E-state index in [4.69, 9.17) is 0 Å². The summed E-state index contributed by atoms with van der Waals surface area (Å²) in [7, 11) is 0. The molecule has 0 N–H and O–H groups in total. The summed E-state index contributed by atoms with van der Waals surface area (Å²) in [5, 5.41) is 11.0. The Morgan fingerprint density at radius 1 is 1.26 bits per heavy atom. The monoisotopic (exact) mass is 269 g/mol. The van der Waals surface area contributed by atoms with E-state index in [0.717, 1.165) is 4.57 Å². The highest BCUT2D eigenvalue weighted by atomic mass is 16.6. The highest BCUT2D eigenvalue weighted by Gasteiger charge is 2.24. The van der Waals surface area contributed by atoms with E-state index in [-0.39, 0.29) is 18.2 Å². The fourth-order valence-electron chi connectivity index (χ4n) is 2.00. The molecule has 0 aromatic carbocycles.